The summed E-state index contributed by atoms with van der Waals surface area (Å²) in [7, 11) is -1.60. The first-order valence-electron chi connectivity index (χ1n) is 9.88. The number of benzene rings is 4. The zero-order chi connectivity index (χ0) is 23.4. The van der Waals surface area contributed by atoms with Gasteiger partial charge in [-0.15, -0.1) is 0 Å². The van der Waals surface area contributed by atoms with Gasteiger partial charge in [0.25, 0.3) is 0 Å². The highest BCUT2D eigenvalue weighted by molar-refractivity contribution is 7.87. The molecule has 4 rings (SSSR count). The molecule has 0 aliphatic carbocycles. The van der Waals surface area contributed by atoms with E-state index in [0.29, 0.717) is 11.5 Å². The molecular weight excluding hydrogens is 444 g/mol. The fourth-order valence-electron chi connectivity index (χ4n) is 3.24. The molecule has 33 heavy (non-hydrogen) atoms. The van der Waals surface area contributed by atoms with Crippen molar-refractivity contribution in [3.05, 3.63) is 90.5 Å². The summed E-state index contributed by atoms with van der Waals surface area (Å²) in [5, 5.41) is 1.90. The molecule has 8 heteroatoms. The molecular formula is C25H20O7S. The van der Waals surface area contributed by atoms with E-state index in [2.05, 4.69) is 0 Å². The first-order valence-corrected chi connectivity index (χ1v) is 11.3. The minimum Gasteiger partial charge on any atom is -0.497 e. The lowest BCUT2D eigenvalue weighted by Crippen LogP contribution is -2.15. The molecule has 7 nitrogen and oxygen atoms in total. The molecule has 4 aromatic carbocycles. The number of rotatable bonds is 7. The topological polar surface area (TPSA) is 88.1 Å². The summed E-state index contributed by atoms with van der Waals surface area (Å²) in [5.74, 6) is -0.221. The average molecular weight is 464 g/mol. The van der Waals surface area contributed by atoms with Crippen molar-refractivity contribution in [1.29, 1.82) is 0 Å². The van der Waals surface area contributed by atoms with Gasteiger partial charge in [0.1, 0.15) is 22.8 Å². The summed E-state index contributed by atoms with van der Waals surface area (Å²) in [5.41, 5.74) is -0.0453. The number of esters is 1. The Labute approximate surface area is 191 Å². The van der Waals surface area contributed by atoms with Crippen molar-refractivity contribution < 1.29 is 31.6 Å². The van der Waals surface area contributed by atoms with Crippen molar-refractivity contribution in [2.24, 2.45) is 0 Å². The van der Waals surface area contributed by atoms with Crippen LogP contribution in [0.1, 0.15) is 10.4 Å². The zero-order valence-corrected chi connectivity index (χ0v) is 18.7. The second-order valence-electron chi connectivity index (χ2n) is 6.95. The molecule has 0 saturated heterocycles. The van der Waals surface area contributed by atoms with E-state index in [1.165, 1.54) is 38.5 Å². The summed E-state index contributed by atoms with van der Waals surface area (Å²) < 4.78 is 47.1. The first kappa shape index (κ1) is 22.2. The van der Waals surface area contributed by atoms with Crippen LogP contribution in [-0.2, 0) is 10.1 Å². The van der Waals surface area contributed by atoms with Gasteiger partial charge >= 0.3 is 16.1 Å². The van der Waals surface area contributed by atoms with E-state index in [4.69, 9.17) is 18.4 Å². The van der Waals surface area contributed by atoms with E-state index >= 15 is 0 Å². The normalized spacial score (nSPS) is 11.1. The Hall–Kier alpha value is -4.04. The number of ether oxygens (including phenoxy) is 3. The maximum Gasteiger partial charge on any atom is 0.347 e. The molecule has 168 valence electrons. The minimum atomic E-state index is -4.36. The second kappa shape index (κ2) is 9.22. The quantitative estimate of drug-likeness (QED) is 0.220. The van der Waals surface area contributed by atoms with Crippen molar-refractivity contribution in [2.45, 2.75) is 4.90 Å². The maximum atomic E-state index is 13.0. The summed E-state index contributed by atoms with van der Waals surface area (Å²) in [6.07, 6.45) is 0. The van der Waals surface area contributed by atoms with E-state index < -0.39 is 16.1 Å². The predicted octanol–water partition coefficient (Wildman–Crippen LogP) is 4.84. The Morgan fingerprint density at radius 3 is 2.15 bits per heavy atom. The zero-order valence-electron chi connectivity index (χ0n) is 17.8. The van der Waals surface area contributed by atoms with Crippen LogP contribution in [0, 0.1) is 0 Å². The maximum absolute atomic E-state index is 13.0. The summed E-state index contributed by atoms with van der Waals surface area (Å²) in [6, 6.07) is 23.1. The van der Waals surface area contributed by atoms with Gasteiger partial charge in [0.2, 0.25) is 0 Å². The summed E-state index contributed by atoms with van der Waals surface area (Å²) >= 11 is 0. The number of para-hydroxylation sites is 1. The minimum absolute atomic E-state index is 0.0453. The molecule has 0 aromatic heterocycles. The highest BCUT2D eigenvalue weighted by atomic mass is 32.2. The van der Waals surface area contributed by atoms with Crippen LogP contribution in [0.25, 0.3) is 10.8 Å². The van der Waals surface area contributed by atoms with Crippen molar-refractivity contribution in [1.82, 2.24) is 0 Å². The van der Waals surface area contributed by atoms with Gasteiger partial charge in [-0.3, -0.25) is 0 Å². The monoisotopic (exact) mass is 464 g/mol. The third-order valence-electron chi connectivity index (χ3n) is 4.88. The van der Waals surface area contributed by atoms with Crippen LogP contribution in [0.5, 0.6) is 23.0 Å². The van der Waals surface area contributed by atoms with Gasteiger partial charge in [-0.2, -0.15) is 8.42 Å². The van der Waals surface area contributed by atoms with Gasteiger partial charge in [0.15, 0.2) is 10.6 Å². The Morgan fingerprint density at radius 1 is 0.697 bits per heavy atom. The highest BCUT2D eigenvalue weighted by Gasteiger charge is 2.26. The SMILES string of the molecule is COc1ccc(OC)c(S(=O)(=O)Oc2ccccc2C(=O)Oc2ccc3ccccc3c2)c1. The lowest BCUT2D eigenvalue weighted by atomic mass is 10.1. The Morgan fingerprint density at radius 2 is 1.39 bits per heavy atom. The molecule has 0 saturated carbocycles. The van der Waals surface area contributed by atoms with Gasteiger partial charge in [0, 0.05) is 6.07 Å². The van der Waals surface area contributed by atoms with Crippen molar-refractivity contribution in [3.63, 3.8) is 0 Å². The number of methoxy groups -OCH3 is 2. The largest absolute Gasteiger partial charge is 0.497 e. The van der Waals surface area contributed by atoms with Gasteiger partial charge in [-0.25, -0.2) is 4.79 Å². The Kier molecular flexibility index (Phi) is 6.19. The van der Waals surface area contributed by atoms with E-state index in [1.54, 1.807) is 30.3 Å². The smallest absolute Gasteiger partial charge is 0.347 e. The molecule has 0 spiro atoms. The highest BCUT2D eigenvalue weighted by Crippen LogP contribution is 2.32. The second-order valence-corrected chi connectivity index (χ2v) is 8.46. The van der Waals surface area contributed by atoms with Crippen LogP contribution >= 0.6 is 0 Å². The molecule has 0 bridgehead atoms. The standard InChI is InChI=1S/C25H20O7S/c1-29-19-13-14-23(30-2)24(16-19)33(27,28)32-22-10-6-5-9-21(22)25(26)31-20-12-11-17-7-3-4-8-18(17)15-20/h3-16H,1-2H3. The lowest BCUT2D eigenvalue weighted by Gasteiger charge is -2.14. The van der Waals surface area contributed by atoms with Crippen molar-refractivity contribution in [3.8, 4) is 23.0 Å². The van der Waals surface area contributed by atoms with Crippen molar-refractivity contribution >= 4 is 26.9 Å². The molecule has 0 N–H and O–H groups in total. The van der Waals surface area contributed by atoms with E-state index in [9.17, 15) is 13.2 Å². The van der Waals surface area contributed by atoms with Gasteiger partial charge in [-0.05, 0) is 47.2 Å². The lowest BCUT2D eigenvalue weighted by molar-refractivity contribution is 0.0733. The van der Waals surface area contributed by atoms with Gasteiger partial charge < -0.3 is 18.4 Å². The Balaban J connectivity index is 1.64. The van der Waals surface area contributed by atoms with Crippen LogP contribution < -0.4 is 18.4 Å². The third-order valence-corrected chi connectivity index (χ3v) is 6.13. The van der Waals surface area contributed by atoms with Crippen molar-refractivity contribution in [2.75, 3.05) is 14.2 Å². The number of carbonyl (C=O) groups is 1. The number of hydrogen-bond donors (Lipinski definition) is 0. The number of fused-ring (bicyclic) bond motifs is 1. The summed E-state index contributed by atoms with van der Waals surface area (Å²) in [6.45, 7) is 0. The molecule has 4 aromatic rings. The predicted molar refractivity (Wildman–Crippen MR) is 123 cm³/mol. The fraction of sp³-hybridized carbons (Fsp3) is 0.0800. The van der Waals surface area contributed by atoms with Crippen LogP contribution in [0.4, 0.5) is 0 Å². The van der Waals surface area contributed by atoms with Gasteiger partial charge in [0.05, 0.1) is 14.2 Å². The van der Waals surface area contributed by atoms with E-state index in [1.807, 2.05) is 30.3 Å². The average Bonchev–Trinajstić information content (AvgIpc) is 2.83. The van der Waals surface area contributed by atoms with Crippen LogP contribution in [0.15, 0.2) is 89.8 Å². The number of carbonyl (C=O) groups excluding carboxylic acids is 1. The van der Waals surface area contributed by atoms with E-state index in [0.717, 1.165) is 10.8 Å². The van der Waals surface area contributed by atoms with Crippen LogP contribution in [0.3, 0.4) is 0 Å². The molecule has 0 radical (unpaired) electrons. The molecule has 0 atom stereocenters. The fourth-order valence-corrected chi connectivity index (χ4v) is 4.37. The third kappa shape index (κ3) is 4.75. The van der Waals surface area contributed by atoms with Gasteiger partial charge in [-0.1, -0.05) is 42.5 Å². The molecule has 0 aliphatic heterocycles. The van der Waals surface area contributed by atoms with Crippen LogP contribution in [-0.4, -0.2) is 28.6 Å². The molecule has 0 heterocycles. The molecule has 0 aliphatic rings. The van der Waals surface area contributed by atoms with E-state index in [-0.39, 0.29) is 22.0 Å². The Bertz CT molecular complexity index is 1430. The van der Waals surface area contributed by atoms with Crippen LogP contribution in [0.2, 0.25) is 0 Å². The number of hydrogen-bond acceptors (Lipinski definition) is 7. The molecule has 0 unspecified atom stereocenters. The molecule has 0 amide bonds. The molecule has 0 fully saturated rings. The first-order chi connectivity index (χ1) is 15.9. The summed E-state index contributed by atoms with van der Waals surface area (Å²) in [4.78, 5) is 12.6.